The van der Waals surface area contributed by atoms with Gasteiger partial charge in [0.25, 0.3) is 0 Å². The molecule has 0 unspecified atom stereocenters. The van der Waals surface area contributed by atoms with Gasteiger partial charge in [-0.05, 0) is 105 Å². The number of hydrogen-bond acceptors (Lipinski definition) is 3. The number of nitriles is 1. The number of nitrogens with zero attached hydrogens (tertiary/aromatic N) is 1. The standard InChI is InChI=1S/C23H37NO2/c1-22-11-9-19-21(18(22)7-6-15(22)5-3-4-12-24)20(26)14-16-13-17(25)8-10-23(16,19)2/h15-21,25-26H,3-11,13-14H2,1-2H3/t15-,16-,17+,18-,19-,20-,21-,22+,23-/m0/s1. The summed E-state index contributed by atoms with van der Waals surface area (Å²) in [6.45, 7) is 4.98. The SMILES string of the molecule is C[C@]12CC[C@@H](O)C[C@H]1C[C@H](O)[C@@H]1[C@@H]2CC[C@]2(C)[C@@H](CCCC#N)CC[C@@H]12. The average Bonchev–Trinajstić information content (AvgIpc) is 2.93. The third-order valence-electron chi connectivity index (χ3n) is 9.69. The zero-order valence-corrected chi connectivity index (χ0v) is 16.7. The second kappa shape index (κ2) is 6.78. The molecule has 4 rings (SSSR count). The monoisotopic (exact) mass is 359 g/mol. The molecule has 0 aromatic carbocycles. The first-order valence-electron chi connectivity index (χ1n) is 11.1. The van der Waals surface area contributed by atoms with Crippen LogP contribution in [0.5, 0.6) is 0 Å². The van der Waals surface area contributed by atoms with Crippen molar-refractivity contribution in [3.63, 3.8) is 0 Å². The predicted octanol–water partition coefficient (Wildman–Crippen LogP) is 4.67. The smallest absolute Gasteiger partial charge is 0.0621 e. The van der Waals surface area contributed by atoms with Crippen LogP contribution >= 0.6 is 0 Å². The molecule has 26 heavy (non-hydrogen) atoms. The Kier molecular flexibility index (Phi) is 4.89. The summed E-state index contributed by atoms with van der Waals surface area (Å²) >= 11 is 0. The minimum Gasteiger partial charge on any atom is -0.393 e. The van der Waals surface area contributed by atoms with E-state index < -0.39 is 0 Å². The van der Waals surface area contributed by atoms with Crippen molar-refractivity contribution >= 4 is 0 Å². The Balaban J connectivity index is 1.56. The lowest BCUT2D eigenvalue weighted by molar-refractivity contribution is -0.172. The van der Waals surface area contributed by atoms with E-state index in [0.29, 0.717) is 40.9 Å². The molecule has 0 amide bonds. The van der Waals surface area contributed by atoms with Crippen molar-refractivity contribution < 1.29 is 10.2 Å². The maximum atomic E-state index is 11.2. The number of fused-ring (bicyclic) bond motifs is 5. The Hall–Kier alpha value is -0.590. The molecule has 4 fully saturated rings. The highest BCUT2D eigenvalue weighted by atomic mass is 16.3. The van der Waals surface area contributed by atoms with Gasteiger partial charge in [-0.1, -0.05) is 13.8 Å². The van der Waals surface area contributed by atoms with Crippen molar-refractivity contribution in [2.75, 3.05) is 0 Å². The zero-order chi connectivity index (χ0) is 18.5. The lowest BCUT2D eigenvalue weighted by atomic mass is 9.44. The van der Waals surface area contributed by atoms with E-state index in [1.807, 2.05) is 0 Å². The van der Waals surface area contributed by atoms with Gasteiger partial charge in [-0.15, -0.1) is 0 Å². The maximum absolute atomic E-state index is 11.2. The van der Waals surface area contributed by atoms with E-state index >= 15 is 0 Å². The molecule has 0 aliphatic heterocycles. The van der Waals surface area contributed by atoms with Crippen LogP contribution in [0.3, 0.4) is 0 Å². The Morgan fingerprint density at radius 3 is 2.46 bits per heavy atom. The molecule has 146 valence electrons. The molecule has 4 saturated carbocycles. The molecule has 4 aliphatic carbocycles. The molecule has 0 bridgehead atoms. The van der Waals surface area contributed by atoms with Gasteiger partial charge in [0.2, 0.25) is 0 Å². The summed E-state index contributed by atoms with van der Waals surface area (Å²) < 4.78 is 0. The van der Waals surface area contributed by atoms with Crippen molar-refractivity contribution in [2.24, 2.45) is 40.4 Å². The predicted molar refractivity (Wildman–Crippen MR) is 102 cm³/mol. The van der Waals surface area contributed by atoms with Gasteiger partial charge in [-0.2, -0.15) is 5.26 Å². The highest BCUT2D eigenvalue weighted by Gasteiger charge is 2.62. The summed E-state index contributed by atoms with van der Waals surface area (Å²) in [4.78, 5) is 0. The van der Waals surface area contributed by atoms with E-state index in [-0.39, 0.29) is 12.2 Å². The summed E-state index contributed by atoms with van der Waals surface area (Å²) in [6, 6.07) is 2.31. The van der Waals surface area contributed by atoms with Crippen LogP contribution in [-0.4, -0.2) is 22.4 Å². The van der Waals surface area contributed by atoms with E-state index in [2.05, 4.69) is 19.9 Å². The third kappa shape index (κ3) is 2.75. The van der Waals surface area contributed by atoms with Crippen LogP contribution in [-0.2, 0) is 0 Å². The van der Waals surface area contributed by atoms with Gasteiger partial charge >= 0.3 is 0 Å². The molecule has 4 aliphatic rings. The van der Waals surface area contributed by atoms with Crippen molar-refractivity contribution in [2.45, 2.75) is 96.7 Å². The molecule has 0 saturated heterocycles. The van der Waals surface area contributed by atoms with E-state index in [1.165, 1.54) is 32.1 Å². The van der Waals surface area contributed by atoms with Crippen LogP contribution in [0.2, 0.25) is 0 Å². The Morgan fingerprint density at radius 2 is 1.69 bits per heavy atom. The zero-order valence-electron chi connectivity index (χ0n) is 16.7. The van der Waals surface area contributed by atoms with Gasteiger partial charge in [-0.3, -0.25) is 0 Å². The molecular weight excluding hydrogens is 322 g/mol. The van der Waals surface area contributed by atoms with E-state index in [1.54, 1.807) is 0 Å². The van der Waals surface area contributed by atoms with Gasteiger partial charge in [0, 0.05) is 6.42 Å². The quantitative estimate of drug-likeness (QED) is 0.720. The number of unbranched alkanes of at least 4 members (excludes halogenated alkanes) is 1. The van der Waals surface area contributed by atoms with E-state index in [0.717, 1.165) is 38.0 Å². The second-order valence-electron chi connectivity index (χ2n) is 10.6. The van der Waals surface area contributed by atoms with Gasteiger partial charge in [0.05, 0.1) is 18.3 Å². The first-order valence-corrected chi connectivity index (χ1v) is 11.1. The van der Waals surface area contributed by atoms with Crippen molar-refractivity contribution in [3.8, 4) is 6.07 Å². The fraction of sp³-hybridized carbons (Fsp3) is 0.957. The van der Waals surface area contributed by atoms with Crippen molar-refractivity contribution in [1.82, 2.24) is 0 Å². The largest absolute Gasteiger partial charge is 0.393 e. The molecule has 0 aromatic rings. The lowest BCUT2D eigenvalue weighted by Gasteiger charge is -2.62. The maximum Gasteiger partial charge on any atom is 0.0621 e. The van der Waals surface area contributed by atoms with Crippen molar-refractivity contribution in [1.29, 1.82) is 5.26 Å². The molecular formula is C23H37NO2. The van der Waals surface area contributed by atoms with Crippen molar-refractivity contribution in [3.05, 3.63) is 0 Å². The molecule has 0 heterocycles. The Labute approximate surface area is 159 Å². The second-order valence-corrected chi connectivity index (χ2v) is 10.6. The molecule has 0 radical (unpaired) electrons. The minimum absolute atomic E-state index is 0.151. The van der Waals surface area contributed by atoms with E-state index in [9.17, 15) is 10.2 Å². The van der Waals surface area contributed by atoms with Crippen LogP contribution in [0.25, 0.3) is 0 Å². The number of hydrogen-bond donors (Lipinski definition) is 2. The highest BCUT2D eigenvalue weighted by molar-refractivity contribution is 5.11. The fourth-order valence-corrected chi connectivity index (χ4v) is 8.21. The van der Waals surface area contributed by atoms with Crippen LogP contribution < -0.4 is 0 Å². The third-order valence-corrected chi connectivity index (χ3v) is 9.69. The van der Waals surface area contributed by atoms with Crippen LogP contribution in [0, 0.1) is 51.8 Å². The average molecular weight is 360 g/mol. The highest BCUT2D eigenvalue weighted by Crippen LogP contribution is 2.67. The summed E-state index contributed by atoms with van der Waals surface area (Å²) in [6.07, 6.45) is 11.6. The molecule has 0 spiro atoms. The summed E-state index contributed by atoms with van der Waals surface area (Å²) in [7, 11) is 0. The first kappa shape index (κ1) is 18.8. The minimum atomic E-state index is -0.175. The van der Waals surface area contributed by atoms with Crippen LogP contribution in [0.1, 0.15) is 84.5 Å². The summed E-state index contributed by atoms with van der Waals surface area (Å²) in [5, 5.41) is 30.2. The molecule has 3 nitrogen and oxygen atoms in total. The Morgan fingerprint density at radius 1 is 0.962 bits per heavy atom. The topological polar surface area (TPSA) is 64.2 Å². The van der Waals surface area contributed by atoms with Gasteiger partial charge in [0.15, 0.2) is 0 Å². The van der Waals surface area contributed by atoms with Crippen LogP contribution in [0.4, 0.5) is 0 Å². The van der Waals surface area contributed by atoms with E-state index in [4.69, 9.17) is 5.26 Å². The Bertz CT molecular complexity index is 571. The van der Waals surface area contributed by atoms with Gasteiger partial charge in [-0.25, -0.2) is 0 Å². The normalized spacial score (nSPS) is 53.3. The number of rotatable bonds is 3. The number of aliphatic hydroxyl groups excluding tert-OH is 2. The van der Waals surface area contributed by atoms with Crippen LogP contribution in [0.15, 0.2) is 0 Å². The first-order chi connectivity index (χ1) is 12.4. The number of aliphatic hydroxyl groups is 2. The van der Waals surface area contributed by atoms with Gasteiger partial charge in [0.1, 0.15) is 0 Å². The lowest BCUT2D eigenvalue weighted by Crippen LogP contribution is -2.58. The fourth-order valence-electron chi connectivity index (χ4n) is 8.21. The van der Waals surface area contributed by atoms with Gasteiger partial charge < -0.3 is 10.2 Å². The molecule has 3 heteroatoms. The summed E-state index contributed by atoms with van der Waals surface area (Å²) in [5.74, 6) is 3.01. The molecule has 9 atom stereocenters. The summed E-state index contributed by atoms with van der Waals surface area (Å²) in [5.41, 5.74) is 0.693. The molecule has 0 aromatic heterocycles. The molecule has 2 N–H and O–H groups in total.